The number of nitrogens with zero attached hydrogens (tertiary/aromatic N) is 6. The summed E-state index contributed by atoms with van der Waals surface area (Å²) in [7, 11) is 0. The van der Waals surface area contributed by atoms with Crippen molar-refractivity contribution >= 4 is 52.1 Å². The Morgan fingerprint density at radius 3 is 2.32 bits per heavy atom. The van der Waals surface area contributed by atoms with Crippen LogP contribution in [0.3, 0.4) is 0 Å². The first-order chi connectivity index (χ1) is 27.6. The van der Waals surface area contributed by atoms with Crippen LogP contribution < -0.4 is 25.3 Å². The summed E-state index contributed by atoms with van der Waals surface area (Å²) in [6.07, 6.45) is 6.00. The molecule has 3 amide bonds. The minimum atomic E-state index is -0.516. The summed E-state index contributed by atoms with van der Waals surface area (Å²) in [5.41, 5.74) is 4.96. The minimum absolute atomic E-state index is 0.102. The van der Waals surface area contributed by atoms with Crippen LogP contribution in [0.2, 0.25) is 5.02 Å². The number of hydrogen-bond acceptors (Lipinski definition) is 9. The number of halogens is 2. The molecule has 0 bridgehead atoms. The molecule has 5 fully saturated rings. The smallest absolute Gasteiger partial charge is 0.253 e. The molecule has 13 heteroatoms. The molecule has 8 rings (SSSR count). The zero-order chi connectivity index (χ0) is 39.7. The van der Waals surface area contributed by atoms with Gasteiger partial charge in [-0.25, -0.2) is 4.39 Å². The number of rotatable bonds is 8. The maximum absolute atomic E-state index is 15.0. The fraction of sp³-hybridized carbons (Fsp3) is 0.500. The largest absolute Gasteiger partial charge is 0.374 e. The Labute approximate surface area is 339 Å². The summed E-state index contributed by atoms with van der Waals surface area (Å²) in [6.45, 7) is 10.8. The number of piperazine rings is 1. The molecule has 1 spiro atoms. The van der Waals surface area contributed by atoms with E-state index in [1.54, 1.807) is 12.1 Å². The van der Waals surface area contributed by atoms with Gasteiger partial charge in [-0.15, -0.1) is 0 Å². The van der Waals surface area contributed by atoms with Gasteiger partial charge < -0.3 is 24.9 Å². The van der Waals surface area contributed by atoms with Gasteiger partial charge in [0.05, 0.1) is 16.3 Å². The number of likely N-dealkylation sites (tertiary alicyclic amines) is 1. The zero-order valence-electron chi connectivity index (χ0n) is 32.7. The van der Waals surface area contributed by atoms with Crippen molar-refractivity contribution in [1.82, 2.24) is 15.1 Å². The summed E-state index contributed by atoms with van der Waals surface area (Å²) in [5, 5.41) is 15.3. The predicted molar refractivity (Wildman–Crippen MR) is 221 cm³/mol. The average molecular weight is 795 g/mol. The quantitative estimate of drug-likeness (QED) is 0.260. The lowest BCUT2D eigenvalue weighted by atomic mass is 9.76. The van der Waals surface area contributed by atoms with Crippen molar-refractivity contribution in [2.75, 3.05) is 85.5 Å². The lowest BCUT2D eigenvalue weighted by Gasteiger charge is -2.40. The molecule has 3 aromatic rings. The molecule has 0 aromatic heterocycles. The highest BCUT2D eigenvalue weighted by atomic mass is 35.5. The summed E-state index contributed by atoms with van der Waals surface area (Å²) < 4.78 is 15.0. The number of amides is 3. The molecule has 1 unspecified atom stereocenters. The molecule has 0 aliphatic carbocycles. The fourth-order valence-corrected chi connectivity index (χ4v) is 9.99. The molecule has 0 radical (unpaired) electrons. The molecule has 5 aliphatic heterocycles. The van der Waals surface area contributed by atoms with Gasteiger partial charge in [-0.2, -0.15) is 5.26 Å². The highest BCUT2D eigenvalue weighted by Crippen LogP contribution is 2.46. The molecule has 0 saturated carbocycles. The van der Waals surface area contributed by atoms with Crippen molar-refractivity contribution in [3.05, 3.63) is 82.6 Å². The number of nitrogens with one attached hydrogen (secondary N) is 2. The van der Waals surface area contributed by atoms with Gasteiger partial charge in [0.15, 0.2) is 0 Å². The third kappa shape index (κ3) is 8.56. The van der Waals surface area contributed by atoms with Gasteiger partial charge in [-0.05, 0) is 117 Å². The molecular weight excluding hydrogens is 743 g/mol. The van der Waals surface area contributed by atoms with E-state index in [1.165, 1.54) is 11.8 Å². The van der Waals surface area contributed by atoms with Crippen LogP contribution in [0.15, 0.2) is 60.7 Å². The Morgan fingerprint density at radius 2 is 1.63 bits per heavy atom. The molecule has 2 atom stereocenters. The summed E-state index contributed by atoms with van der Waals surface area (Å²) in [6, 6.07) is 20.9. The first kappa shape index (κ1) is 39.0. The van der Waals surface area contributed by atoms with Crippen LogP contribution in [0.25, 0.3) is 0 Å². The van der Waals surface area contributed by atoms with E-state index in [-0.39, 0.29) is 35.4 Å². The summed E-state index contributed by atoms with van der Waals surface area (Å²) in [4.78, 5) is 48.7. The van der Waals surface area contributed by atoms with Gasteiger partial charge in [-0.1, -0.05) is 11.6 Å². The van der Waals surface area contributed by atoms with Crippen molar-refractivity contribution < 1.29 is 18.8 Å². The van der Waals surface area contributed by atoms with E-state index < -0.39 is 6.04 Å². The van der Waals surface area contributed by atoms with Gasteiger partial charge in [0.2, 0.25) is 11.8 Å². The maximum atomic E-state index is 15.0. The van der Waals surface area contributed by atoms with E-state index in [1.807, 2.05) is 35.2 Å². The van der Waals surface area contributed by atoms with Gasteiger partial charge >= 0.3 is 0 Å². The number of carbonyl (C=O) groups excluding carboxylic acids is 3. The molecule has 5 heterocycles. The van der Waals surface area contributed by atoms with E-state index in [2.05, 4.69) is 55.4 Å². The number of nitriles is 1. The third-order valence-electron chi connectivity index (χ3n) is 13.1. The van der Waals surface area contributed by atoms with Gasteiger partial charge in [0.1, 0.15) is 17.9 Å². The van der Waals surface area contributed by atoms with Gasteiger partial charge in [0.25, 0.3) is 5.91 Å². The van der Waals surface area contributed by atoms with Crippen molar-refractivity contribution in [2.45, 2.75) is 64.0 Å². The standard InChI is InChI=1S/C44H52ClFN8O3/c1-30-26-44(29-54(30)36-8-4-33(27-47)37(45)25-36)14-18-51(19-15-44)35-6-2-32(3-7-35)43(57)53-16-12-31(13-17-53)28-50-20-22-52(23-21-50)40-24-34(5-9-38(40)46)48-39-10-11-41(55)49-42(39)56/h2-9,24-25,30-31,39,48H,10-23,26,28-29H2,1H3,(H,49,55,56)/t30-,39?/m0/s1. The Bertz CT molecular complexity index is 2020. The topological polar surface area (TPSA) is 115 Å². The number of imide groups is 1. The first-order valence-corrected chi connectivity index (χ1v) is 20.9. The molecule has 3 aromatic carbocycles. The normalized spacial score (nSPS) is 23.1. The van der Waals surface area contributed by atoms with Crippen LogP contribution in [0.1, 0.15) is 67.8 Å². The molecule has 57 heavy (non-hydrogen) atoms. The van der Waals surface area contributed by atoms with Crippen molar-refractivity contribution in [3.8, 4) is 6.07 Å². The minimum Gasteiger partial charge on any atom is -0.374 e. The number of piperidine rings is 3. The SMILES string of the molecule is C[C@H]1CC2(CCN(c3ccc(C(=O)N4CCC(CN5CCN(c6cc(NC7CCC(=O)NC7=O)ccc6F)CC5)CC4)cc3)CC2)CN1c1ccc(C#N)c(Cl)c1. The number of carbonyl (C=O) groups is 3. The molecule has 11 nitrogen and oxygen atoms in total. The highest BCUT2D eigenvalue weighted by molar-refractivity contribution is 6.32. The summed E-state index contributed by atoms with van der Waals surface area (Å²) in [5.74, 6) is -0.285. The molecule has 2 N–H and O–H groups in total. The van der Waals surface area contributed by atoms with Crippen LogP contribution in [0, 0.1) is 28.5 Å². The van der Waals surface area contributed by atoms with E-state index in [0.717, 1.165) is 95.7 Å². The van der Waals surface area contributed by atoms with E-state index in [0.29, 0.717) is 53.4 Å². The number of hydrogen-bond donors (Lipinski definition) is 2. The Balaban J connectivity index is 0.770. The third-order valence-corrected chi connectivity index (χ3v) is 13.4. The lowest BCUT2D eigenvalue weighted by Crippen LogP contribution is -2.49. The summed E-state index contributed by atoms with van der Waals surface area (Å²) >= 11 is 6.38. The Kier molecular flexibility index (Phi) is 11.3. The second-order valence-electron chi connectivity index (χ2n) is 16.8. The Morgan fingerprint density at radius 1 is 0.912 bits per heavy atom. The average Bonchev–Trinajstić information content (AvgIpc) is 3.55. The van der Waals surface area contributed by atoms with Crippen LogP contribution >= 0.6 is 11.6 Å². The second kappa shape index (κ2) is 16.5. The van der Waals surface area contributed by atoms with Crippen LogP contribution in [-0.4, -0.2) is 105 Å². The van der Waals surface area contributed by atoms with Crippen molar-refractivity contribution in [3.63, 3.8) is 0 Å². The van der Waals surface area contributed by atoms with E-state index in [9.17, 15) is 24.0 Å². The second-order valence-corrected chi connectivity index (χ2v) is 17.2. The monoisotopic (exact) mass is 794 g/mol. The Hall–Kier alpha value is -4.86. The van der Waals surface area contributed by atoms with E-state index in [4.69, 9.17) is 11.6 Å². The van der Waals surface area contributed by atoms with Gasteiger partial charge in [0, 0.05) is 101 Å². The lowest BCUT2D eigenvalue weighted by molar-refractivity contribution is -0.133. The predicted octanol–water partition coefficient (Wildman–Crippen LogP) is 6.13. The maximum Gasteiger partial charge on any atom is 0.253 e. The molecular formula is C44H52ClFN8O3. The van der Waals surface area contributed by atoms with Crippen LogP contribution in [0.4, 0.5) is 27.1 Å². The molecule has 300 valence electrons. The highest BCUT2D eigenvalue weighted by Gasteiger charge is 2.44. The number of anilines is 4. The van der Waals surface area contributed by atoms with E-state index >= 15 is 0 Å². The number of benzene rings is 3. The first-order valence-electron chi connectivity index (χ1n) is 20.5. The fourth-order valence-electron chi connectivity index (χ4n) is 9.77. The zero-order valence-corrected chi connectivity index (χ0v) is 33.4. The molecule has 5 saturated heterocycles. The van der Waals surface area contributed by atoms with Crippen LogP contribution in [-0.2, 0) is 9.59 Å². The van der Waals surface area contributed by atoms with Gasteiger partial charge in [-0.3, -0.25) is 24.6 Å². The molecule has 5 aliphatic rings. The van der Waals surface area contributed by atoms with Crippen molar-refractivity contribution in [1.29, 1.82) is 5.26 Å². The van der Waals surface area contributed by atoms with Crippen molar-refractivity contribution in [2.24, 2.45) is 11.3 Å². The van der Waals surface area contributed by atoms with Crippen LogP contribution in [0.5, 0.6) is 0 Å².